The summed E-state index contributed by atoms with van der Waals surface area (Å²) < 4.78 is 5.18. The smallest absolute Gasteiger partial charge is 0.242 e. The summed E-state index contributed by atoms with van der Waals surface area (Å²) in [7, 11) is 1.65. The molecule has 1 aromatic rings. The lowest BCUT2D eigenvalue weighted by Gasteiger charge is -2.29. The Bertz CT molecular complexity index is 505. The number of carbonyl (C=O) groups excluding carboxylic acids is 1. The number of halogens is 1. The van der Waals surface area contributed by atoms with Crippen molar-refractivity contribution in [3.63, 3.8) is 0 Å². The van der Waals surface area contributed by atoms with E-state index in [0.29, 0.717) is 13.2 Å². The van der Waals surface area contributed by atoms with Gasteiger partial charge >= 0.3 is 0 Å². The molecule has 0 spiro atoms. The summed E-state index contributed by atoms with van der Waals surface area (Å²) in [6, 6.07) is 10.2. The predicted molar refractivity (Wildman–Crippen MR) is 90.8 cm³/mol. The Balaban J connectivity index is 2.43. The number of alkyl halides is 1. The SMILES string of the molecule is COCCN(C(=O)CCl)C(=C1CCCCC1)c1ccccc1. The second-order valence-corrected chi connectivity index (χ2v) is 5.82. The normalized spacial score (nSPS) is 14.7. The quantitative estimate of drug-likeness (QED) is 0.739. The minimum atomic E-state index is -0.0596. The van der Waals surface area contributed by atoms with Gasteiger partial charge in [0.05, 0.1) is 12.3 Å². The van der Waals surface area contributed by atoms with Gasteiger partial charge in [0.25, 0.3) is 0 Å². The summed E-state index contributed by atoms with van der Waals surface area (Å²) in [5.74, 6) is -0.0662. The maximum Gasteiger partial charge on any atom is 0.242 e. The lowest BCUT2D eigenvalue weighted by molar-refractivity contribution is -0.125. The monoisotopic (exact) mass is 321 g/mol. The van der Waals surface area contributed by atoms with Gasteiger partial charge in [-0.3, -0.25) is 4.79 Å². The lowest BCUT2D eigenvalue weighted by Crippen LogP contribution is -2.34. The van der Waals surface area contributed by atoms with E-state index in [-0.39, 0.29) is 11.8 Å². The van der Waals surface area contributed by atoms with Gasteiger partial charge in [-0.1, -0.05) is 36.8 Å². The van der Waals surface area contributed by atoms with Crippen LogP contribution in [0.5, 0.6) is 0 Å². The molecule has 1 aliphatic rings. The summed E-state index contributed by atoms with van der Waals surface area (Å²) in [5, 5.41) is 0. The fourth-order valence-corrected chi connectivity index (χ4v) is 3.12. The fourth-order valence-electron chi connectivity index (χ4n) is 2.98. The van der Waals surface area contributed by atoms with E-state index in [9.17, 15) is 4.79 Å². The van der Waals surface area contributed by atoms with Crippen LogP contribution in [0, 0.1) is 0 Å². The predicted octanol–water partition coefficient (Wildman–Crippen LogP) is 4.08. The molecule has 1 amide bonds. The zero-order valence-corrected chi connectivity index (χ0v) is 13.9. The molecule has 1 aliphatic carbocycles. The maximum atomic E-state index is 12.4. The Morgan fingerprint density at radius 3 is 2.45 bits per heavy atom. The Kier molecular flexibility index (Phi) is 6.94. The summed E-state index contributed by atoms with van der Waals surface area (Å²) >= 11 is 5.84. The highest BCUT2D eigenvalue weighted by atomic mass is 35.5. The molecule has 0 aliphatic heterocycles. The summed E-state index contributed by atoms with van der Waals surface area (Å²) in [6.07, 6.45) is 5.78. The van der Waals surface area contributed by atoms with Gasteiger partial charge in [0.1, 0.15) is 5.88 Å². The van der Waals surface area contributed by atoms with Crippen LogP contribution in [0.25, 0.3) is 5.70 Å². The third-order valence-electron chi connectivity index (χ3n) is 4.04. The Morgan fingerprint density at radius 2 is 1.86 bits per heavy atom. The van der Waals surface area contributed by atoms with Crippen molar-refractivity contribution in [2.24, 2.45) is 0 Å². The largest absolute Gasteiger partial charge is 0.383 e. The highest BCUT2D eigenvalue weighted by Crippen LogP contribution is 2.33. The van der Waals surface area contributed by atoms with Crippen molar-refractivity contribution in [1.29, 1.82) is 0 Å². The molecule has 0 unspecified atom stereocenters. The van der Waals surface area contributed by atoms with Crippen LogP contribution in [0.1, 0.15) is 37.7 Å². The molecule has 4 heteroatoms. The molecule has 0 radical (unpaired) electrons. The number of amides is 1. The molecular formula is C18H24ClNO2. The Labute approximate surface area is 137 Å². The average Bonchev–Trinajstić information content (AvgIpc) is 2.59. The minimum Gasteiger partial charge on any atom is -0.383 e. The topological polar surface area (TPSA) is 29.5 Å². The van der Waals surface area contributed by atoms with E-state index in [4.69, 9.17) is 16.3 Å². The summed E-state index contributed by atoms with van der Waals surface area (Å²) in [4.78, 5) is 14.2. The lowest BCUT2D eigenvalue weighted by atomic mass is 9.90. The molecule has 0 bridgehead atoms. The molecule has 0 N–H and O–H groups in total. The highest BCUT2D eigenvalue weighted by Gasteiger charge is 2.23. The number of rotatable bonds is 6. The minimum absolute atomic E-state index is 0.00662. The molecule has 22 heavy (non-hydrogen) atoms. The van der Waals surface area contributed by atoms with Crippen molar-refractivity contribution >= 4 is 23.2 Å². The second kappa shape index (κ2) is 8.96. The molecule has 0 atom stereocenters. The zero-order chi connectivity index (χ0) is 15.8. The van der Waals surface area contributed by atoms with E-state index in [1.807, 2.05) is 23.1 Å². The van der Waals surface area contributed by atoms with Gasteiger partial charge < -0.3 is 9.64 Å². The molecule has 1 fully saturated rings. The first-order chi connectivity index (χ1) is 10.8. The average molecular weight is 322 g/mol. The van der Waals surface area contributed by atoms with Crippen LogP contribution in [0.2, 0.25) is 0 Å². The number of allylic oxidation sites excluding steroid dienone is 1. The number of ether oxygens (including phenoxy) is 1. The summed E-state index contributed by atoms with van der Waals surface area (Å²) in [6.45, 7) is 1.04. The van der Waals surface area contributed by atoms with Crippen molar-refractivity contribution in [1.82, 2.24) is 4.90 Å². The first kappa shape index (κ1) is 17.0. The van der Waals surface area contributed by atoms with Crippen molar-refractivity contribution < 1.29 is 9.53 Å². The van der Waals surface area contributed by atoms with Crippen molar-refractivity contribution in [2.75, 3.05) is 26.1 Å². The number of hydrogen-bond donors (Lipinski definition) is 0. The molecule has 0 saturated heterocycles. The maximum absolute atomic E-state index is 12.4. The van der Waals surface area contributed by atoms with Gasteiger partial charge in [0, 0.05) is 13.7 Å². The van der Waals surface area contributed by atoms with Gasteiger partial charge in [-0.15, -0.1) is 11.6 Å². The van der Waals surface area contributed by atoms with E-state index in [1.54, 1.807) is 7.11 Å². The van der Waals surface area contributed by atoms with Crippen LogP contribution in [0.4, 0.5) is 0 Å². The number of hydrogen-bond acceptors (Lipinski definition) is 2. The molecule has 3 nitrogen and oxygen atoms in total. The number of nitrogens with zero attached hydrogens (tertiary/aromatic N) is 1. The molecular weight excluding hydrogens is 298 g/mol. The van der Waals surface area contributed by atoms with E-state index < -0.39 is 0 Å². The number of methoxy groups -OCH3 is 1. The van der Waals surface area contributed by atoms with E-state index in [2.05, 4.69) is 12.1 Å². The number of benzene rings is 1. The van der Waals surface area contributed by atoms with E-state index in [1.165, 1.54) is 24.8 Å². The molecule has 120 valence electrons. The fraction of sp³-hybridized carbons (Fsp3) is 0.500. The number of carbonyl (C=O) groups is 1. The molecule has 2 rings (SSSR count). The van der Waals surface area contributed by atoms with Crippen LogP contribution < -0.4 is 0 Å². The van der Waals surface area contributed by atoms with Crippen LogP contribution in [-0.4, -0.2) is 36.9 Å². The first-order valence-electron chi connectivity index (χ1n) is 7.90. The Morgan fingerprint density at radius 1 is 1.18 bits per heavy atom. The second-order valence-electron chi connectivity index (χ2n) is 5.55. The standard InChI is InChI=1S/C18H24ClNO2/c1-22-13-12-20(17(21)14-19)18(15-8-4-2-5-9-15)16-10-6-3-7-11-16/h2,4-5,8-9H,3,6-7,10-14H2,1H3. The van der Waals surface area contributed by atoms with Gasteiger partial charge in [-0.25, -0.2) is 0 Å². The van der Waals surface area contributed by atoms with Crippen molar-refractivity contribution in [2.45, 2.75) is 32.1 Å². The van der Waals surface area contributed by atoms with Gasteiger partial charge in [0.15, 0.2) is 0 Å². The van der Waals surface area contributed by atoms with Crippen LogP contribution in [0.15, 0.2) is 35.9 Å². The zero-order valence-electron chi connectivity index (χ0n) is 13.2. The van der Waals surface area contributed by atoms with Crippen LogP contribution in [0.3, 0.4) is 0 Å². The van der Waals surface area contributed by atoms with E-state index >= 15 is 0 Å². The van der Waals surface area contributed by atoms with Gasteiger partial charge in [0.2, 0.25) is 5.91 Å². The van der Waals surface area contributed by atoms with Gasteiger partial charge in [-0.05, 0) is 36.8 Å². The third-order valence-corrected chi connectivity index (χ3v) is 4.27. The molecule has 1 saturated carbocycles. The van der Waals surface area contributed by atoms with Crippen LogP contribution in [-0.2, 0) is 9.53 Å². The highest BCUT2D eigenvalue weighted by molar-refractivity contribution is 6.27. The molecule has 0 aromatic heterocycles. The third kappa shape index (κ3) is 4.34. The first-order valence-corrected chi connectivity index (χ1v) is 8.44. The molecule has 0 heterocycles. The van der Waals surface area contributed by atoms with Crippen LogP contribution >= 0.6 is 11.6 Å². The van der Waals surface area contributed by atoms with Crippen molar-refractivity contribution in [3.05, 3.63) is 41.5 Å². The molecule has 1 aromatic carbocycles. The van der Waals surface area contributed by atoms with E-state index in [0.717, 1.165) is 24.1 Å². The Hall–Kier alpha value is -1.32. The van der Waals surface area contributed by atoms with Gasteiger partial charge in [-0.2, -0.15) is 0 Å². The summed E-state index contributed by atoms with van der Waals surface area (Å²) in [5.41, 5.74) is 3.50. The van der Waals surface area contributed by atoms with Crippen molar-refractivity contribution in [3.8, 4) is 0 Å².